The number of hydrogen-bond donors (Lipinski definition) is 1. The number of nitrogens with one attached hydrogen (secondary N) is 1. The molecule has 1 aromatic heterocycles. The molecule has 0 spiro atoms. The van der Waals surface area contributed by atoms with E-state index in [1.165, 1.54) is 18.2 Å². The van der Waals surface area contributed by atoms with E-state index in [4.69, 9.17) is 11.6 Å². The number of thioether (sulfide) groups is 1. The number of aromatic nitrogens is 1. The summed E-state index contributed by atoms with van der Waals surface area (Å²) in [6, 6.07) is 7.81. The maximum absolute atomic E-state index is 13.8. The van der Waals surface area contributed by atoms with Gasteiger partial charge in [0, 0.05) is 22.5 Å². The fraction of sp³-hybridized carbons (Fsp3) is 0.0667. The summed E-state index contributed by atoms with van der Waals surface area (Å²) in [7, 11) is 0. The molecule has 1 fully saturated rings. The van der Waals surface area contributed by atoms with Crippen LogP contribution in [0.4, 0.5) is 9.18 Å². The lowest BCUT2D eigenvalue weighted by atomic mass is 10.2. The first-order valence-electron chi connectivity index (χ1n) is 6.38. The van der Waals surface area contributed by atoms with Gasteiger partial charge in [0.1, 0.15) is 5.82 Å². The summed E-state index contributed by atoms with van der Waals surface area (Å²) < 4.78 is 13.8. The summed E-state index contributed by atoms with van der Waals surface area (Å²) >= 11 is 6.76. The minimum atomic E-state index is -0.542. The third-order valence-electron chi connectivity index (χ3n) is 3.16. The minimum Gasteiger partial charge on any atom is -0.362 e. The first-order chi connectivity index (χ1) is 10.6. The van der Waals surface area contributed by atoms with Crippen molar-refractivity contribution >= 4 is 40.6 Å². The van der Waals surface area contributed by atoms with Crippen LogP contribution in [0.1, 0.15) is 11.3 Å². The molecule has 22 heavy (non-hydrogen) atoms. The van der Waals surface area contributed by atoms with Crippen LogP contribution in [-0.4, -0.2) is 21.0 Å². The number of nitrogens with zero attached hydrogens (tertiary/aromatic N) is 1. The van der Waals surface area contributed by atoms with Gasteiger partial charge in [0.25, 0.3) is 11.1 Å². The molecule has 3 rings (SSSR count). The number of imide groups is 1. The summed E-state index contributed by atoms with van der Waals surface area (Å²) in [5, 5.41) is -0.255. The fourth-order valence-electron chi connectivity index (χ4n) is 2.05. The molecule has 7 heteroatoms. The highest BCUT2D eigenvalue weighted by molar-refractivity contribution is 8.18. The second kappa shape index (κ2) is 5.98. The predicted octanol–water partition coefficient (Wildman–Crippen LogP) is 4.04. The van der Waals surface area contributed by atoms with Gasteiger partial charge in [-0.2, -0.15) is 0 Å². The van der Waals surface area contributed by atoms with E-state index in [0.717, 1.165) is 22.4 Å². The van der Waals surface area contributed by atoms with Gasteiger partial charge in [-0.3, -0.25) is 14.5 Å². The Morgan fingerprint density at radius 2 is 2.09 bits per heavy atom. The van der Waals surface area contributed by atoms with Gasteiger partial charge in [0.2, 0.25) is 0 Å². The van der Waals surface area contributed by atoms with E-state index in [9.17, 15) is 14.0 Å². The van der Waals surface area contributed by atoms with E-state index < -0.39 is 17.0 Å². The molecular formula is C15H10ClFN2O2S. The average molecular weight is 337 g/mol. The van der Waals surface area contributed by atoms with Crippen molar-refractivity contribution in [2.45, 2.75) is 6.54 Å². The lowest BCUT2D eigenvalue weighted by Gasteiger charge is -2.14. The summed E-state index contributed by atoms with van der Waals surface area (Å²) in [6.45, 7) is -0.182. The molecule has 0 unspecified atom stereocenters. The molecule has 2 amide bonds. The van der Waals surface area contributed by atoms with Gasteiger partial charge in [-0.05, 0) is 42.1 Å². The summed E-state index contributed by atoms with van der Waals surface area (Å²) in [5.74, 6) is -0.996. The average Bonchev–Trinajstić information content (AvgIpc) is 3.06. The predicted molar refractivity (Wildman–Crippen MR) is 83.7 cm³/mol. The third-order valence-corrected chi connectivity index (χ3v) is 4.42. The van der Waals surface area contributed by atoms with Crippen LogP contribution in [0.25, 0.3) is 6.08 Å². The summed E-state index contributed by atoms with van der Waals surface area (Å²) in [5.41, 5.74) is 0.849. The Labute approximate surface area is 135 Å². The molecule has 0 saturated carbocycles. The van der Waals surface area contributed by atoms with Crippen molar-refractivity contribution < 1.29 is 14.0 Å². The van der Waals surface area contributed by atoms with E-state index in [0.29, 0.717) is 4.91 Å². The van der Waals surface area contributed by atoms with E-state index >= 15 is 0 Å². The van der Waals surface area contributed by atoms with Crippen LogP contribution in [0.15, 0.2) is 41.4 Å². The highest BCUT2D eigenvalue weighted by Gasteiger charge is 2.35. The molecule has 0 radical (unpaired) electrons. The molecular weight excluding hydrogens is 327 g/mol. The number of carbonyl (C=O) groups is 2. The van der Waals surface area contributed by atoms with Crippen molar-refractivity contribution in [3.05, 3.63) is 63.5 Å². The van der Waals surface area contributed by atoms with Crippen LogP contribution in [-0.2, 0) is 11.3 Å². The molecule has 2 heterocycles. The highest BCUT2D eigenvalue weighted by atomic mass is 35.5. The van der Waals surface area contributed by atoms with E-state index in [1.54, 1.807) is 24.4 Å². The Kier molecular flexibility index (Phi) is 4.04. The van der Waals surface area contributed by atoms with Crippen LogP contribution in [0, 0.1) is 5.82 Å². The van der Waals surface area contributed by atoms with E-state index in [-0.39, 0.29) is 17.1 Å². The second-order valence-corrected chi connectivity index (χ2v) is 5.99. The van der Waals surface area contributed by atoms with Gasteiger partial charge in [-0.25, -0.2) is 4.39 Å². The maximum atomic E-state index is 13.8. The van der Waals surface area contributed by atoms with E-state index in [2.05, 4.69) is 4.98 Å². The van der Waals surface area contributed by atoms with Gasteiger partial charge in [-0.15, -0.1) is 0 Å². The van der Waals surface area contributed by atoms with Crippen molar-refractivity contribution in [2.24, 2.45) is 0 Å². The van der Waals surface area contributed by atoms with Crippen LogP contribution < -0.4 is 0 Å². The molecule has 1 saturated heterocycles. The number of rotatable bonds is 3. The Morgan fingerprint density at radius 3 is 2.77 bits per heavy atom. The van der Waals surface area contributed by atoms with Gasteiger partial charge in [-0.1, -0.05) is 17.7 Å². The SMILES string of the molecule is O=C1S/C(=C\c2ccc[nH]2)C(=O)N1Cc1c(F)cccc1Cl. The monoisotopic (exact) mass is 336 g/mol. The zero-order chi connectivity index (χ0) is 15.7. The first kappa shape index (κ1) is 14.9. The van der Waals surface area contributed by atoms with Crippen LogP contribution in [0.5, 0.6) is 0 Å². The zero-order valence-corrected chi connectivity index (χ0v) is 12.7. The molecule has 0 atom stereocenters. The quantitative estimate of drug-likeness (QED) is 0.860. The molecule has 1 aromatic carbocycles. The maximum Gasteiger partial charge on any atom is 0.293 e. The normalized spacial score (nSPS) is 16.8. The first-order valence-corrected chi connectivity index (χ1v) is 7.57. The standard InChI is InChI=1S/C15H10ClFN2O2S/c16-11-4-1-5-12(17)10(11)8-19-14(20)13(22-15(19)21)7-9-3-2-6-18-9/h1-7,18H,8H2/b13-7-. The lowest BCUT2D eigenvalue weighted by Crippen LogP contribution is -2.28. The van der Waals surface area contributed by atoms with Crippen molar-refractivity contribution in [1.29, 1.82) is 0 Å². The second-order valence-electron chi connectivity index (χ2n) is 4.59. The Bertz CT molecular complexity index is 754. The topological polar surface area (TPSA) is 53.2 Å². The number of benzene rings is 1. The van der Waals surface area contributed by atoms with Crippen molar-refractivity contribution in [3.8, 4) is 0 Å². The van der Waals surface area contributed by atoms with Gasteiger partial charge in [0.15, 0.2) is 0 Å². The summed E-state index contributed by atoms with van der Waals surface area (Å²) in [6.07, 6.45) is 3.31. The third kappa shape index (κ3) is 2.80. The van der Waals surface area contributed by atoms with Crippen molar-refractivity contribution in [2.75, 3.05) is 0 Å². The molecule has 0 aliphatic carbocycles. The number of aromatic amines is 1. The molecule has 4 nitrogen and oxygen atoms in total. The molecule has 1 N–H and O–H groups in total. The van der Waals surface area contributed by atoms with Crippen LogP contribution in [0.3, 0.4) is 0 Å². The minimum absolute atomic E-state index is 0.132. The van der Waals surface area contributed by atoms with Crippen LogP contribution in [0.2, 0.25) is 5.02 Å². The van der Waals surface area contributed by atoms with Crippen LogP contribution >= 0.6 is 23.4 Å². The molecule has 2 aromatic rings. The van der Waals surface area contributed by atoms with Gasteiger partial charge >= 0.3 is 0 Å². The van der Waals surface area contributed by atoms with Gasteiger partial charge < -0.3 is 4.98 Å². The molecule has 112 valence electrons. The number of amides is 2. The van der Waals surface area contributed by atoms with Crippen molar-refractivity contribution in [1.82, 2.24) is 9.88 Å². The van der Waals surface area contributed by atoms with Gasteiger partial charge in [0.05, 0.1) is 11.4 Å². The largest absolute Gasteiger partial charge is 0.362 e. The molecule has 1 aliphatic rings. The molecule has 1 aliphatic heterocycles. The Morgan fingerprint density at radius 1 is 1.27 bits per heavy atom. The van der Waals surface area contributed by atoms with E-state index in [1.807, 2.05) is 0 Å². The number of hydrogen-bond acceptors (Lipinski definition) is 3. The lowest BCUT2D eigenvalue weighted by molar-refractivity contribution is -0.123. The smallest absolute Gasteiger partial charge is 0.293 e. The Balaban J connectivity index is 1.86. The summed E-state index contributed by atoms with van der Waals surface area (Å²) in [4.78, 5) is 28.5. The van der Waals surface area contributed by atoms with Crippen molar-refractivity contribution in [3.63, 3.8) is 0 Å². The zero-order valence-electron chi connectivity index (χ0n) is 11.2. The highest BCUT2D eigenvalue weighted by Crippen LogP contribution is 2.34. The number of H-pyrrole nitrogens is 1. The Hall–Kier alpha value is -2.05. The molecule has 0 bridgehead atoms. The number of halogens is 2. The number of carbonyl (C=O) groups excluding carboxylic acids is 2. The fourth-order valence-corrected chi connectivity index (χ4v) is 3.10.